The van der Waals surface area contributed by atoms with Gasteiger partial charge in [0.15, 0.2) is 6.10 Å². The number of nitrogen functional groups attached to an aromatic ring is 1. The monoisotopic (exact) mass is 278 g/mol. The number of anilines is 1. The van der Waals surface area contributed by atoms with Gasteiger partial charge in [-0.3, -0.25) is 4.79 Å². The van der Waals surface area contributed by atoms with Gasteiger partial charge in [0.1, 0.15) is 0 Å². The standard InChI is InChI=1S/C14H18N2O4/c1-9-3-4-10(15)7-11(9)13(17)16-5-6-20-12(8-16)14(18)19-2/h3-4,7,12H,5-6,8,15H2,1-2H3. The summed E-state index contributed by atoms with van der Waals surface area (Å²) in [5, 5.41) is 0. The Morgan fingerprint density at radius 2 is 2.20 bits per heavy atom. The average molecular weight is 278 g/mol. The third-order valence-electron chi connectivity index (χ3n) is 3.31. The average Bonchev–Trinajstić information content (AvgIpc) is 2.48. The maximum Gasteiger partial charge on any atom is 0.336 e. The van der Waals surface area contributed by atoms with E-state index in [1.807, 2.05) is 6.92 Å². The highest BCUT2D eigenvalue weighted by molar-refractivity contribution is 5.97. The highest BCUT2D eigenvalue weighted by atomic mass is 16.6. The molecule has 1 amide bonds. The minimum Gasteiger partial charge on any atom is -0.467 e. The summed E-state index contributed by atoms with van der Waals surface area (Å²) in [6.45, 7) is 2.80. The molecule has 0 bridgehead atoms. The van der Waals surface area contributed by atoms with E-state index in [0.29, 0.717) is 24.4 Å². The first kappa shape index (κ1) is 14.3. The van der Waals surface area contributed by atoms with Gasteiger partial charge in [0.05, 0.1) is 20.3 Å². The zero-order valence-corrected chi connectivity index (χ0v) is 11.6. The van der Waals surface area contributed by atoms with E-state index < -0.39 is 12.1 Å². The summed E-state index contributed by atoms with van der Waals surface area (Å²) in [7, 11) is 1.30. The Balaban J connectivity index is 2.16. The van der Waals surface area contributed by atoms with E-state index in [9.17, 15) is 9.59 Å². The number of morpholine rings is 1. The van der Waals surface area contributed by atoms with Crippen LogP contribution in [-0.4, -0.2) is 49.7 Å². The van der Waals surface area contributed by atoms with E-state index in [1.54, 1.807) is 23.1 Å². The van der Waals surface area contributed by atoms with Gasteiger partial charge in [0.25, 0.3) is 5.91 Å². The number of ether oxygens (including phenoxy) is 2. The van der Waals surface area contributed by atoms with Crippen LogP contribution < -0.4 is 5.73 Å². The van der Waals surface area contributed by atoms with Gasteiger partial charge in [-0.05, 0) is 24.6 Å². The molecule has 108 valence electrons. The fraction of sp³-hybridized carbons (Fsp3) is 0.429. The zero-order chi connectivity index (χ0) is 14.7. The first-order chi connectivity index (χ1) is 9.52. The molecular weight excluding hydrogens is 260 g/mol. The van der Waals surface area contributed by atoms with Crippen LogP contribution in [0.4, 0.5) is 5.69 Å². The molecule has 1 atom stereocenters. The minimum atomic E-state index is -0.723. The Kier molecular flexibility index (Phi) is 4.24. The Morgan fingerprint density at radius 3 is 2.90 bits per heavy atom. The summed E-state index contributed by atoms with van der Waals surface area (Å²) >= 11 is 0. The lowest BCUT2D eigenvalue weighted by molar-refractivity contribution is -0.158. The number of hydrogen-bond acceptors (Lipinski definition) is 5. The van der Waals surface area contributed by atoms with Crippen molar-refractivity contribution in [2.24, 2.45) is 0 Å². The minimum absolute atomic E-state index is 0.146. The van der Waals surface area contributed by atoms with Crippen molar-refractivity contribution in [1.82, 2.24) is 4.90 Å². The van der Waals surface area contributed by atoms with Gasteiger partial charge in [0.2, 0.25) is 0 Å². The van der Waals surface area contributed by atoms with E-state index in [1.165, 1.54) is 7.11 Å². The number of nitrogens with zero attached hydrogens (tertiary/aromatic N) is 1. The molecule has 1 heterocycles. The number of methoxy groups -OCH3 is 1. The van der Waals surface area contributed by atoms with Crippen LogP contribution >= 0.6 is 0 Å². The number of amides is 1. The summed E-state index contributed by atoms with van der Waals surface area (Å²) in [5.74, 6) is -0.612. The number of rotatable bonds is 2. The first-order valence-electron chi connectivity index (χ1n) is 6.37. The Bertz CT molecular complexity index is 530. The Labute approximate surface area is 117 Å². The molecule has 1 unspecified atom stereocenters. The summed E-state index contributed by atoms with van der Waals surface area (Å²) in [4.78, 5) is 25.6. The number of carbonyl (C=O) groups is 2. The molecule has 1 aromatic rings. The highest BCUT2D eigenvalue weighted by Crippen LogP contribution is 2.17. The lowest BCUT2D eigenvalue weighted by Crippen LogP contribution is -2.49. The van der Waals surface area contributed by atoms with Gasteiger partial charge in [-0.1, -0.05) is 6.07 Å². The van der Waals surface area contributed by atoms with Crippen molar-refractivity contribution in [3.63, 3.8) is 0 Å². The summed E-state index contributed by atoms with van der Waals surface area (Å²) in [6.07, 6.45) is -0.723. The van der Waals surface area contributed by atoms with Gasteiger partial charge in [-0.25, -0.2) is 4.79 Å². The van der Waals surface area contributed by atoms with Gasteiger partial charge in [-0.2, -0.15) is 0 Å². The SMILES string of the molecule is COC(=O)C1CN(C(=O)c2cc(N)ccc2C)CCO1. The van der Waals surface area contributed by atoms with Crippen molar-refractivity contribution >= 4 is 17.6 Å². The van der Waals surface area contributed by atoms with Crippen LogP contribution in [-0.2, 0) is 14.3 Å². The van der Waals surface area contributed by atoms with Gasteiger partial charge < -0.3 is 20.1 Å². The Hall–Kier alpha value is -2.08. The van der Waals surface area contributed by atoms with Crippen molar-refractivity contribution in [1.29, 1.82) is 0 Å². The maximum absolute atomic E-state index is 12.5. The van der Waals surface area contributed by atoms with Crippen LogP contribution in [0.5, 0.6) is 0 Å². The van der Waals surface area contributed by atoms with Crippen molar-refractivity contribution in [2.45, 2.75) is 13.0 Å². The molecule has 0 aromatic heterocycles. The molecule has 1 fully saturated rings. The van der Waals surface area contributed by atoms with E-state index in [2.05, 4.69) is 4.74 Å². The van der Waals surface area contributed by atoms with Crippen molar-refractivity contribution in [3.8, 4) is 0 Å². The predicted molar refractivity (Wildman–Crippen MR) is 73.3 cm³/mol. The maximum atomic E-state index is 12.5. The quantitative estimate of drug-likeness (QED) is 0.632. The second-order valence-corrected chi connectivity index (χ2v) is 4.71. The lowest BCUT2D eigenvalue weighted by atomic mass is 10.1. The largest absolute Gasteiger partial charge is 0.467 e. The molecule has 0 aliphatic carbocycles. The van der Waals surface area contributed by atoms with Crippen molar-refractivity contribution in [3.05, 3.63) is 29.3 Å². The molecular formula is C14H18N2O4. The fourth-order valence-corrected chi connectivity index (χ4v) is 2.15. The number of nitrogens with two attached hydrogens (primary N) is 1. The molecule has 20 heavy (non-hydrogen) atoms. The van der Waals surface area contributed by atoms with Crippen LogP contribution in [0.3, 0.4) is 0 Å². The third-order valence-corrected chi connectivity index (χ3v) is 3.31. The summed E-state index contributed by atoms with van der Waals surface area (Å²) in [5.41, 5.74) is 7.66. The van der Waals surface area contributed by atoms with E-state index >= 15 is 0 Å². The summed E-state index contributed by atoms with van der Waals surface area (Å²) < 4.78 is 9.95. The molecule has 2 rings (SSSR count). The molecule has 1 aromatic carbocycles. The molecule has 0 radical (unpaired) electrons. The summed E-state index contributed by atoms with van der Waals surface area (Å²) in [6, 6.07) is 5.21. The van der Waals surface area contributed by atoms with E-state index in [-0.39, 0.29) is 12.5 Å². The Morgan fingerprint density at radius 1 is 1.45 bits per heavy atom. The molecule has 0 spiro atoms. The predicted octanol–water partition coefficient (Wildman–Crippen LogP) is 0.591. The third kappa shape index (κ3) is 2.91. The van der Waals surface area contributed by atoms with Crippen LogP contribution in [0.25, 0.3) is 0 Å². The molecule has 6 heteroatoms. The number of carbonyl (C=O) groups excluding carboxylic acids is 2. The number of aryl methyl sites for hydroxylation is 1. The normalized spacial score (nSPS) is 18.7. The van der Waals surface area contributed by atoms with Crippen molar-refractivity contribution in [2.75, 3.05) is 32.5 Å². The molecule has 0 saturated carbocycles. The van der Waals surface area contributed by atoms with E-state index in [4.69, 9.17) is 10.5 Å². The number of esters is 1. The second kappa shape index (κ2) is 5.92. The van der Waals surface area contributed by atoms with Crippen molar-refractivity contribution < 1.29 is 19.1 Å². The smallest absolute Gasteiger partial charge is 0.336 e. The van der Waals surface area contributed by atoms with Gasteiger partial charge >= 0.3 is 5.97 Å². The highest BCUT2D eigenvalue weighted by Gasteiger charge is 2.30. The van der Waals surface area contributed by atoms with Crippen LogP contribution in [0, 0.1) is 6.92 Å². The molecule has 1 saturated heterocycles. The molecule has 1 aliphatic heterocycles. The number of benzene rings is 1. The lowest BCUT2D eigenvalue weighted by Gasteiger charge is -2.31. The first-order valence-corrected chi connectivity index (χ1v) is 6.37. The number of hydrogen-bond donors (Lipinski definition) is 1. The molecule has 6 nitrogen and oxygen atoms in total. The van der Waals surface area contributed by atoms with Crippen LogP contribution in [0.1, 0.15) is 15.9 Å². The van der Waals surface area contributed by atoms with Crippen LogP contribution in [0.15, 0.2) is 18.2 Å². The van der Waals surface area contributed by atoms with Gasteiger partial charge in [-0.15, -0.1) is 0 Å². The molecule has 2 N–H and O–H groups in total. The van der Waals surface area contributed by atoms with E-state index in [0.717, 1.165) is 5.56 Å². The second-order valence-electron chi connectivity index (χ2n) is 4.71. The van der Waals surface area contributed by atoms with Crippen LogP contribution in [0.2, 0.25) is 0 Å². The van der Waals surface area contributed by atoms with Gasteiger partial charge in [0, 0.05) is 17.8 Å². The fourth-order valence-electron chi connectivity index (χ4n) is 2.15. The molecule has 1 aliphatic rings. The zero-order valence-electron chi connectivity index (χ0n) is 11.6. The topological polar surface area (TPSA) is 81.9 Å².